The molecule has 0 aliphatic carbocycles. The quantitative estimate of drug-likeness (QED) is 0.628. The van der Waals surface area contributed by atoms with E-state index in [-0.39, 0.29) is 5.92 Å². The van der Waals surface area contributed by atoms with Crippen LogP contribution in [0.4, 0.5) is 0 Å². The van der Waals surface area contributed by atoms with E-state index in [1.54, 1.807) is 6.20 Å². The standard InChI is InChI=1S/C9H11ClN/c1-6(2)8-4-5-11-7(3)9(8)10/h4-6H,1H2,2-3H3. The molecule has 0 saturated carbocycles. The lowest BCUT2D eigenvalue weighted by Crippen LogP contribution is -1.92. The lowest BCUT2D eigenvalue weighted by molar-refractivity contribution is 0.950. The Labute approximate surface area is 72.4 Å². The third kappa shape index (κ3) is 1.72. The Kier molecular flexibility index (Phi) is 2.50. The molecule has 1 radical (unpaired) electrons. The van der Waals surface area contributed by atoms with Gasteiger partial charge in [0.2, 0.25) is 0 Å². The zero-order chi connectivity index (χ0) is 8.43. The van der Waals surface area contributed by atoms with Crippen LogP contribution in [0.3, 0.4) is 0 Å². The van der Waals surface area contributed by atoms with E-state index in [1.165, 1.54) is 0 Å². The summed E-state index contributed by atoms with van der Waals surface area (Å²) in [5.74, 6) is 0.226. The minimum atomic E-state index is 0.226. The molecule has 1 rings (SSSR count). The highest BCUT2D eigenvalue weighted by Crippen LogP contribution is 2.24. The molecule has 0 aliphatic heterocycles. The number of hydrogen-bond acceptors (Lipinski definition) is 1. The van der Waals surface area contributed by atoms with Crippen LogP contribution < -0.4 is 0 Å². The predicted molar refractivity (Wildman–Crippen MR) is 47.8 cm³/mol. The van der Waals surface area contributed by atoms with Crippen molar-refractivity contribution >= 4 is 11.6 Å². The lowest BCUT2D eigenvalue weighted by atomic mass is 10.0. The van der Waals surface area contributed by atoms with Crippen LogP contribution in [0.2, 0.25) is 5.02 Å². The number of halogens is 1. The summed E-state index contributed by atoms with van der Waals surface area (Å²) in [5.41, 5.74) is 1.94. The van der Waals surface area contributed by atoms with Crippen molar-refractivity contribution in [2.24, 2.45) is 0 Å². The van der Waals surface area contributed by atoms with Crippen LogP contribution >= 0.6 is 11.6 Å². The van der Waals surface area contributed by atoms with Crippen molar-refractivity contribution in [3.8, 4) is 0 Å². The fourth-order valence-electron chi connectivity index (χ4n) is 0.949. The zero-order valence-corrected chi connectivity index (χ0v) is 7.52. The number of pyridine rings is 1. The van der Waals surface area contributed by atoms with E-state index >= 15 is 0 Å². The third-order valence-electron chi connectivity index (χ3n) is 1.62. The van der Waals surface area contributed by atoms with Crippen LogP contribution in [0.5, 0.6) is 0 Å². The van der Waals surface area contributed by atoms with Gasteiger partial charge in [-0.2, -0.15) is 0 Å². The lowest BCUT2D eigenvalue weighted by Gasteiger charge is -2.08. The number of nitrogens with zero attached hydrogens (tertiary/aromatic N) is 1. The molecule has 1 aromatic rings. The summed E-state index contributed by atoms with van der Waals surface area (Å²) in [5, 5.41) is 0.745. The molecule has 1 aromatic heterocycles. The monoisotopic (exact) mass is 168 g/mol. The van der Waals surface area contributed by atoms with Crippen molar-refractivity contribution in [1.82, 2.24) is 4.98 Å². The van der Waals surface area contributed by atoms with E-state index in [9.17, 15) is 0 Å². The van der Waals surface area contributed by atoms with E-state index in [4.69, 9.17) is 11.6 Å². The highest BCUT2D eigenvalue weighted by atomic mass is 35.5. The van der Waals surface area contributed by atoms with Gasteiger partial charge in [0, 0.05) is 6.20 Å². The summed E-state index contributed by atoms with van der Waals surface area (Å²) in [7, 11) is 0. The second kappa shape index (κ2) is 3.22. The van der Waals surface area contributed by atoms with Crippen LogP contribution in [0.1, 0.15) is 24.1 Å². The number of aromatic nitrogens is 1. The Morgan fingerprint density at radius 1 is 1.64 bits per heavy atom. The Bertz CT molecular complexity index is 256. The molecule has 0 aliphatic rings. The van der Waals surface area contributed by atoms with Crippen LogP contribution in [0.15, 0.2) is 12.3 Å². The van der Waals surface area contributed by atoms with Gasteiger partial charge < -0.3 is 0 Å². The maximum absolute atomic E-state index is 5.99. The molecule has 0 bridgehead atoms. The molecule has 1 atom stereocenters. The molecule has 2 heteroatoms. The smallest absolute Gasteiger partial charge is 0.0653 e. The average Bonchev–Trinajstić information content (AvgIpc) is 1.94. The van der Waals surface area contributed by atoms with Crippen molar-refractivity contribution in [3.63, 3.8) is 0 Å². The highest BCUT2D eigenvalue weighted by molar-refractivity contribution is 6.32. The molecular weight excluding hydrogens is 158 g/mol. The van der Waals surface area contributed by atoms with E-state index in [2.05, 4.69) is 11.9 Å². The van der Waals surface area contributed by atoms with Crippen molar-refractivity contribution in [2.75, 3.05) is 0 Å². The Morgan fingerprint density at radius 2 is 2.27 bits per heavy atom. The predicted octanol–water partition coefficient (Wildman–Crippen LogP) is 2.98. The maximum Gasteiger partial charge on any atom is 0.0653 e. The zero-order valence-electron chi connectivity index (χ0n) is 6.76. The molecule has 0 amide bonds. The minimum Gasteiger partial charge on any atom is -0.260 e. The molecule has 1 unspecified atom stereocenters. The second-order valence-corrected chi connectivity index (χ2v) is 3.08. The number of hydrogen-bond donors (Lipinski definition) is 0. The van der Waals surface area contributed by atoms with Crippen molar-refractivity contribution in [1.29, 1.82) is 0 Å². The first-order valence-electron chi connectivity index (χ1n) is 3.57. The van der Waals surface area contributed by atoms with Crippen molar-refractivity contribution < 1.29 is 0 Å². The van der Waals surface area contributed by atoms with Crippen LogP contribution in [0, 0.1) is 13.8 Å². The first-order chi connectivity index (χ1) is 5.13. The van der Waals surface area contributed by atoms with Crippen LogP contribution in [0.25, 0.3) is 0 Å². The van der Waals surface area contributed by atoms with E-state index in [1.807, 2.05) is 19.9 Å². The topological polar surface area (TPSA) is 12.9 Å². The molecule has 0 spiro atoms. The van der Waals surface area contributed by atoms with Crippen LogP contribution in [-0.4, -0.2) is 4.98 Å². The van der Waals surface area contributed by atoms with Gasteiger partial charge in [-0.05, 0) is 31.4 Å². The largest absolute Gasteiger partial charge is 0.260 e. The molecule has 59 valence electrons. The van der Waals surface area contributed by atoms with Gasteiger partial charge in [-0.3, -0.25) is 4.98 Å². The van der Waals surface area contributed by atoms with Gasteiger partial charge in [0.05, 0.1) is 10.7 Å². The first kappa shape index (κ1) is 8.54. The van der Waals surface area contributed by atoms with E-state index < -0.39 is 0 Å². The van der Waals surface area contributed by atoms with Gasteiger partial charge in [0.15, 0.2) is 0 Å². The van der Waals surface area contributed by atoms with Gasteiger partial charge in [-0.15, -0.1) is 0 Å². The summed E-state index contributed by atoms with van der Waals surface area (Å²) in [6.07, 6.45) is 1.76. The molecule has 1 nitrogen and oxygen atoms in total. The fourth-order valence-corrected chi connectivity index (χ4v) is 1.25. The molecule has 0 aromatic carbocycles. The molecule has 0 N–H and O–H groups in total. The summed E-state index contributed by atoms with van der Waals surface area (Å²) < 4.78 is 0. The number of aryl methyl sites for hydroxylation is 1. The minimum absolute atomic E-state index is 0.226. The second-order valence-electron chi connectivity index (χ2n) is 2.70. The molecule has 0 fully saturated rings. The SMILES string of the molecule is [CH2]C(C)c1ccnc(C)c1Cl. The van der Waals surface area contributed by atoms with E-state index in [0.29, 0.717) is 0 Å². The highest BCUT2D eigenvalue weighted by Gasteiger charge is 2.06. The molecule has 1 heterocycles. The molecule has 11 heavy (non-hydrogen) atoms. The van der Waals surface area contributed by atoms with Gasteiger partial charge in [0.1, 0.15) is 0 Å². The van der Waals surface area contributed by atoms with Crippen LogP contribution in [-0.2, 0) is 0 Å². The Hall–Kier alpha value is -0.560. The molecular formula is C9H11ClN. The Morgan fingerprint density at radius 3 is 2.73 bits per heavy atom. The van der Waals surface area contributed by atoms with Crippen molar-refractivity contribution in [3.05, 3.63) is 35.5 Å². The summed E-state index contributed by atoms with van der Waals surface area (Å²) >= 11 is 5.99. The van der Waals surface area contributed by atoms with Gasteiger partial charge in [-0.25, -0.2) is 0 Å². The first-order valence-corrected chi connectivity index (χ1v) is 3.95. The summed E-state index contributed by atoms with van der Waals surface area (Å²) in [6.45, 7) is 7.81. The normalized spacial score (nSPS) is 10.6. The van der Waals surface area contributed by atoms with E-state index in [0.717, 1.165) is 16.3 Å². The number of rotatable bonds is 1. The molecule has 0 saturated heterocycles. The summed E-state index contributed by atoms with van der Waals surface area (Å²) in [6, 6.07) is 1.91. The Balaban J connectivity index is 3.17. The fraction of sp³-hybridized carbons (Fsp3) is 0.333. The van der Waals surface area contributed by atoms with Gasteiger partial charge >= 0.3 is 0 Å². The third-order valence-corrected chi connectivity index (χ3v) is 2.12. The van der Waals surface area contributed by atoms with Gasteiger partial charge in [0.25, 0.3) is 0 Å². The average molecular weight is 169 g/mol. The van der Waals surface area contributed by atoms with Crippen molar-refractivity contribution in [2.45, 2.75) is 19.8 Å². The maximum atomic E-state index is 5.99. The summed E-state index contributed by atoms with van der Waals surface area (Å²) in [4.78, 5) is 4.06. The van der Waals surface area contributed by atoms with Gasteiger partial charge in [-0.1, -0.05) is 18.5 Å².